The van der Waals surface area contributed by atoms with Crippen molar-refractivity contribution < 1.29 is 24.1 Å². The van der Waals surface area contributed by atoms with Crippen LogP contribution in [0, 0.1) is 3.95 Å². The maximum Gasteiger partial charge on any atom is 0.277 e. The predicted octanol–water partition coefficient (Wildman–Crippen LogP) is 2.74. The normalized spacial score (nSPS) is 15.5. The van der Waals surface area contributed by atoms with Crippen LogP contribution in [-0.2, 0) is 4.79 Å². The monoisotopic (exact) mass is 438 g/mol. The molecule has 3 aromatic rings. The number of carbonyl (C=O) groups is 1. The standard InChI is InChI=1S/C21H14N2O5S2/c1-26-14-4-2-3-13(8-14)23-20(25)18(30-21(23)29)7-12-5-11-6-16-17(28-10-27-16)9-15(11)22-19(12)24/h2-9,25H,10H2,1H3/b12-7-. The van der Waals surface area contributed by atoms with Crippen molar-refractivity contribution in [3.8, 4) is 28.8 Å². The first-order valence-corrected chi connectivity index (χ1v) is 10.1. The summed E-state index contributed by atoms with van der Waals surface area (Å²) in [6.07, 6.45) is 3.30. The topological polar surface area (TPSA) is 82.3 Å². The lowest BCUT2D eigenvalue weighted by molar-refractivity contribution is -0.114. The van der Waals surface area contributed by atoms with Crippen LogP contribution in [0.3, 0.4) is 0 Å². The van der Waals surface area contributed by atoms with Gasteiger partial charge in [-0.2, -0.15) is 0 Å². The van der Waals surface area contributed by atoms with Gasteiger partial charge in [0.05, 0.1) is 23.0 Å². The predicted molar refractivity (Wildman–Crippen MR) is 113 cm³/mol. The lowest BCUT2D eigenvalue weighted by Crippen LogP contribution is -2.30. The van der Waals surface area contributed by atoms with Crippen molar-refractivity contribution in [2.45, 2.75) is 0 Å². The van der Waals surface area contributed by atoms with E-state index in [1.54, 1.807) is 43.5 Å². The summed E-state index contributed by atoms with van der Waals surface area (Å²) in [5.74, 6) is 1.36. The smallest absolute Gasteiger partial charge is 0.277 e. The molecule has 2 aliphatic heterocycles. The number of amides is 1. The number of hydrogen-bond acceptors (Lipinski definition) is 7. The number of aromatic nitrogens is 1. The Kier molecular flexibility index (Phi) is 4.41. The SMILES string of the molecule is COc1cccc(-n2c(O)c(/C=C3/C=c4cc5c(cc4=NC3=O)OCO5)sc2=S)c1. The van der Waals surface area contributed by atoms with Gasteiger partial charge in [-0.05, 0) is 42.6 Å². The first-order valence-electron chi connectivity index (χ1n) is 8.89. The molecule has 0 aliphatic carbocycles. The van der Waals surface area contributed by atoms with Crippen molar-refractivity contribution in [2.75, 3.05) is 13.9 Å². The number of methoxy groups -OCH3 is 1. The zero-order chi connectivity index (χ0) is 20.8. The Labute approximate surface area is 179 Å². The summed E-state index contributed by atoms with van der Waals surface area (Å²) in [5.41, 5.74) is 1.00. The molecule has 0 spiro atoms. The number of ether oxygens (including phenoxy) is 3. The molecule has 30 heavy (non-hydrogen) atoms. The molecule has 2 aromatic carbocycles. The van der Waals surface area contributed by atoms with E-state index in [9.17, 15) is 9.90 Å². The largest absolute Gasteiger partial charge is 0.497 e. The Morgan fingerprint density at radius 3 is 2.87 bits per heavy atom. The number of rotatable bonds is 3. The molecule has 0 saturated carbocycles. The summed E-state index contributed by atoms with van der Waals surface area (Å²) in [6, 6.07) is 10.7. The van der Waals surface area contributed by atoms with Gasteiger partial charge in [0, 0.05) is 22.9 Å². The molecule has 150 valence electrons. The van der Waals surface area contributed by atoms with Crippen LogP contribution < -0.4 is 24.8 Å². The third-order valence-corrected chi connectivity index (χ3v) is 6.02. The lowest BCUT2D eigenvalue weighted by Gasteiger charge is -2.07. The minimum absolute atomic E-state index is 0.0524. The molecule has 0 atom stereocenters. The fourth-order valence-electron chi connectivity index (χ4n) is 3.26. The summed E-state index contributed by atoms with van der Waals surface area (Å²) in [7, 11) is 1.57. The van der Waals surface area contributed by atoms with E-state index in [1.165, 1.54) is 15.9 Å². The molecule has 2 aliphatic rings. The molecule has 1 N–H and O–H groups in total. The molecule has 0 fully saturated rings. The molecule has 3 heterocycles. The number of hydrogen-bond donors (Lipinski definition) is 1. The van der Waals surface area contributed by atoms with E-state index >= 15 is 0 Å². The van der Waals surface area contributed by atoms with Gasteiger partial charge in [-0.1, -0.05) is 6.07 Å². The van der Waals surface area contributed by atoms with Crippen LogP contribution in [-0.4, -0.2) is 29.5 Å². The van der Waals surface area contributed by atoms with Gasteiger partial charge in [-0.15, -0.1) is 11.3 Å². The van der Waals surface area contributed by atoms with Crippen LogP contribution in [0.15, 0.2) is 47.0 Å². The highest BCUT2D eigenvalue weighted by Crippen LogP contribution is 2.33. The van der Waals surface area contributed by atoms with Gasteiger partial charge in [0.2, 0.25) is 12.7 Å². The zero-order valence-electron chi connectivity index (χ0n) is 15.6. The Balaban J connectivity index is 1.60. The van der Waals surface area contributed by atoms with Crippen molar-refractivity contribution in [2.24, 2.45) is 4.99 Å². The van der Waals surface area contributed by atoms with Crippen LogP contribution >= 0.6 is 23.6 Å². The van der Waals surface area contributed by atoms with Gasteiger partial charge >= 0.3 is 0 Å². The highest BCUT2D eigenvalue weighted by atomic mass is 32.1. The second-order valence-electron chi connectivity index (χ2n) is 6.52. The zero-order valence-corrected chi connectivity index (χ0v) is 17.3. The van der Waals surface area contributed by atoms with Crippen molar-refractivity contribution in [3.05, 3.63) is 61.4 Å². The van der Waals surface area contributed by atoms with E-state index in [-0.39, 0.29) is 12.7 Å². The van der Waals surface area contributed by atoms with Gasteiger partial charge in [-0.3, -0.25) is 9.36 Å². The summed E-state index contributed by atoms with van der Waals surface area (Å²) in [6.45, 7) is 0.143. The molecule has 0 bridgehead atoms. The summed E-state index contributed by atoms with van der Waals surface area (Å²) in [4.78, 5) is 17.2. The van der Waals surface area contributed by atoms with E-state index in [0.29, 0.717) is 42.7 Å². The van der Waals surface area contributed by atoms with E-state index in [4.69, 9.17) is 26.4 Å². The number of benzene rings is 2. The first-order chi connectivity index (χ1) is 14.5. The molecule has 7 nitrogen and oxygen atoms in total. The number of nitrogens with zero attached hydrogens (tertiary/aromatic N) is 2. The number of fused-ring (bicyclic) bond motifs is 2. The average Bonchev–Trinajstić information content (AvgIpc) is 3.30. The van der Waals surface area contributed by atoms with Crippen molar-refractivity contribution >= 4 is 41.6 Å². The molecule has 0 unspecified atom stereocenters. The van der Waals surface area contributed by atoms with Gasteiger partial charge in [0.25, 0.3) is 5.91 Å². The molecule has 9 heteroatoms. The Bertz CT molecular complexity index is 1420. The summed E-state index contributed by atoms with van der Waals surface area (Å²) < 4.78 is 18.0. The third-order valence-electron chi connectivity index (χ3n) is 4.71. The number of carbonyl (C=O) groups excluding carboxylic acids is 1. The molecule has 0 radical (unpaired) electrons. The van der Waals surface area contributed by atoms with E-state index in [1.807, 2.05) is 12.1 Å². The second-order valence-corrected chi connectivity index (χ2v) is 8.19. The fourth-order valence-corrected chi connectivity index (χ4v) is 4.56. The quantitative estimate of drug-likeness (QED) is 0.500. The Hall–Kier alpha value is -3.43. The molecule has 0 saturated heterocycles. The van der Waals surface area contributed by atoms with Crippen LogP contribution in [0.4, 0.5) is 0 Å². The maximum absolute atomic E-state index is 12.6. The van der Waals surface area contributed by atoms with Crippen LogP contribution in [0.5, 0.6) is 23.1 Å². The highest BCUT2D eigenvalue weighted by molar-refractivity contribution is 7.73. The fraction of sp³-hybridized carbons (Fsp3) is 0.0952. The summed E-state index contributed by atoms with van der Waals surface area (Å²) >= 11 is 6.64. The molecular formula is C21H14N2O5S2. The van der Waals surface area contributed by atoms with Crippen LogP contribution in [0.25, 0.3) is 17.8 Å². The van der Waals surface area contributed by atoms with Crippen LogP contribution in [0.2, 0.25) is 0 Å². The number of thiazole rings is 1. The van der Waals surface area contributed by atoms with E-state index in [0.717, 1.165) is 5.22 Å². The Morgan fingerprint density at radius 2 is 2.07 bits per heavy atom. The third kappa shape index (κ3) is 3.08. The van der Waals surface area contributed by atoms with E-state index in [2.05, 4.69) is 4.99 Å². The van der Waals surface area contributed by atoms with Gasteiger partial charge in [0.1, 0.15) is 5.75 Å². The Morgan fingerprint density at radius 1 is 1.27 bits per heavy atom. The molecule has 5 rings (SSSR count). The van der Waals surface area contributed by atoms with E-state index < -0.39 is 5.91 Å². The van der Waals surface area contributed by atoms with Crippen LogP contribution in [0.1, 0.15) is 4.88 Å². The highest BCUT2D eigenvalue weighted by Gasteiger charge is 2.19. The number of aromatic hydroxyl groups is 1. The average molecular weight is 438 g/mol. The van der Waals surface area contributed by atoms with Crippen molar-refractivity contribution in [3.63, 3.8) is 0 Å². The molecule has 1 aromatic heterocycles. The van der Waals surface area contributed by atoms with Gasteiger partial charge in [-0.25, -0.2) is 4.99 Å². The maximum atomic E-state index is 12.6. The minimum atomic E-state index is -0.409. The van der Waals surface area contributed by atoms with Crippen molar-refractivity contribution in [1.29, 1.82) is 0 Å². The lowest BCUT2D eigenvalue weighted by atomic mass is 10.1. The second kappa shape index (κ2) is 7.12. The van der Waals surface area contributed by atoms with Gasteiger partial charge < -0.3 is 19.3 Å². The first kappa shape index (κ1) is 18.6. The summed E-state index contributed by atoms with van der Waals surface area (Å²) in [5, 5.41) is 12.1. The van der Waals surface area contributed by atoms with Gasteiger partial charge in [0.15, 0.2) is 15.5 Å². The molecule has 1 amide bonds. The molecular weight excluding hydrogens is 424 g/mol. The minimum Gasteiger partial charge on any atom is -0.497 e. The van der Waals surface area contributed by atoms with Crippen molar-refractivity contribution in [1.82, 2.24) is 4.57 Å².